The number of benzene rings is 2. The molecule has 0 bridgehead atoms. The average Bonchev–Trinajstić information content (AvgIpc) is 2.56. The number of morpholine rings is 1. The van der Waals surface area contributed by atoms with Crippen LogP contribution in [-0.4, -0.2) is 36.5 Å². The molecule has 1 aliphatic heterocycles. The van der Waals surface area contributed by atoms with E-state index < -0.39 is 0 Å². The lowest BCUT2D eigenvalue weighted by molar-refractivity contribution is 0.122. The number of aromatic hydroxyl groups is 2. The fourth-order valence-corrected chi connectivity index (χ4v) is 2.44. The molecule has 1 heterocycles. The number of phenols is 2. The molecule has 3 rings (SSSR count). The van der Waals surface area contributed by atoms with E-state index in [9.17, 15) is 10.2 Å². The fraction of sp³-hybridized carbons (Fsp3) is 0.294. The highest BCUT2D eigenvalue weighted by atomic mass is 16.5. The topological polar surface area (TPSA) is 77.7 Å². The van der Waals surface area contributed by atoms with Gasteiger partial charge in [0, 0.05) is 24.8 Å². The van der Waals surface area contributed by atoms with E-state index in [2.05, 4.69) is 15.1 Å². The molecule has 6 nitrogen and oxygen atoms in total. The molecular formula is C17H19N3O3. The van der Waals surface area contributed by atoms with E-state index in [0.29, 0.717) is 24.6 Å². The average molecular weight is 313 g/mol. The molecule has 0 unspecified atom stereocenters. The summed E-state index contributed by atoms with van der Waals surface area (Å²) in [5, 5.41) is 28.0. The van der Waals surface area contributed by atoms with Crippen LogP contribution < -0.4 is 4.90 Å². The van der Waals surface area contributed by atoms with Crippen LogP contribution in [0.15, 0.2) is 46.6 Å². The molecule has 2 aromatic rings. The van der Waals surface area contributed by atoms with E-state index >= 15 is 0 Å². The number of ether oxygens (including phenoxy) is 1. The van der Waals surface area contributed by atoms with Gasteiger partial charge in [-0.3, -0.25) is 0 Å². The van der Waals surface area contributed by atoms with E-state index in [0.717, 1.165) is 24.3 Å². The molecule has 1 fully saturated rings. The van der Waals surface area contributed by atoms with Crippen molar-refractivity contribution >= 4 is 17.1 Å². The Morgan fingerprint density at radius 1 is 0.913 bits per heavy atom. The van der Waals surface area contributed by atoms with Crippen molar-refractivity contribution in [2.45, 2.75) is 6.92 Å². The van der Waals surface area contributed by atoms with Crippen LogP contribution in [0.1, 0.15) is 5.56 Å². The first-order valence-electron chi connectivity index (χ1n) is 7.50. The minimum Gasteiger partial charge on any atom is -0.506 e. The second-order valence-electron chi connectivity index (χ2n) is 5.46. The van der Waals surface area contributed by atoms with Crippen molar-refractivity contribution in [3.63, 3.8) is 0 Å². The third-order valence-electron chi connectivity index (χ3n) is 3.73. The van der Waals surface area contributed by atoms with Gasteiger partial charge in [-0.15, -0.1) is 10.2 Å². The van der Waals surface area contributed by atoms with Crippen LogP contribution in [0.25, 0.3) is 0 Å². The van der Waals surface area contributed by atoms with E-state index in [1.165, 1.54) is 0 Å². The summed E-state index contributed by atoms with van der Waals surface area (Å²) in [4.78, 5) is 2.15. The first-order valence-corrected chi connectivity index (χ1v) is 7.50. The van der Waals surface area contributed by atoms with Gasteiger partial charge in [-0.05, 0) is 36.8 Å². The summed E-state index contributed by atoms with van der Waals surface area (Å²) in [5.41, 5.74) is 2.61. The molecule has 0 saturated carbocycles. The number of hydrogen-bond acceptors (Lipinski definition) is 6. The Morgan fingerprint density at radius 3 is 2.13 bits per heavy atom. The van der Waals surface area contributed by atoms with E-state index in [1.807, 2.05) is 19.1 Å². The van der Waals surface area contributed by atoms with Crippen molar-refractivity contribution in [1.29, 1.82) is 0 Å². The second-order valence-corrected chi connectivity index (χ2v) is 5.46. The van der Waals surface area contributed by atoms with Crippen molar-refractivity contribution in [2.24, 2.45) is 10.2 Å². The predicted molar refractivity (Wildman–Crippen MR) is 88.2 cm³/mol. The van der Waals surface area contributed by atoms with Gasteiger partial charge in [0.05, 0.1) is 13.2 Å². The first-order chi connectivity index (χ1) is 11.1. The highest BCUT2D eigenvalue weighted by Crippen LogP contribution is 2.34. The maximum Gasteiger partial charge on any atom is 0.145 e. The number of azo groups is 1. The highest BCUT2D eigenvalue weighted by Gasteiger charge is 2.13. The maximum atomic E-state index is 10.1. The zero-order valence-electron chi connectivity index (χ0n) is 12.9. The normalized spacial score (nSPS) is 15.3. The Kier molecular flexibility index (Phi) is 4.43. The van der Waals surface area contributed by atoms with Crippen molar-refractivity contribution in [2.75, 3.05) is 31.2 Å². The van der Waals surface area contributed by atoms with Crippen molar-refractivity contribution in [1.82, 2.24) is 0 Å². The lowest BCUT2D eigenvalue weighted by Gasteiger charge is -2.28. The molecule has 120 valence electrons. The molecule has 2 aromatic carbocycles. The van der Waals surface area contributed by atoms with E-state index in [1.54, 1.807) is 24.3 Å². The predicted octanol–water partition coefficient (Wildman–Crippen LogP) is 3.66. The van der Waals surface area contributed by atoms with Crippen LogP contribution in [0.5, 0.6) is 11.5 Å². The summed E-state index contributed by atoms with van der Waals surface area (Å²) in [6.07, 6.45) is 0. The third-order valence-corrected chi connectivity index (χ3v) is 3.73. The fourth-order valence-electron chi connectivity index (χ4n) is 2.44. The summed E-state index contributed by atoms with van der Waals surface area (Å²) in [5.74, 6) is 0.127. The largest absolute Gasteiger partial charge is 0.506 e. The van der Waals surface area contributed by atoms with Crippen molar-refractivity contribution in [3.8, 4) is 11.5 Å². The van der Waals surface area contributed by atoms with Gasteiger partial charge in [0.15, 0.2) is 0 Å². The Morgan fingerprint density at radius 2 is 1.52 bits per heavy atom. The molecule has 0 amide bonds. The zero-order valence-corrected chi connectivity index (χ0v) is 12.9. The van der Waals surface area contributed by atoms with Crippen molar-refractivity contribution < 1.29 is 14.9 Å². The monoisotopic (exact) mass is 313 g/mol. The lowest BCUT2D eigenvalue weighted by Crippen LogP contribution is -2.36. The van der Waals surface area contributed by atoms with Gasteiger partial charge in [-0.1, -0.05) is 6.07 Å². The Labute approximate surface area is 134 Å². The van der Waals surface area contributed by atoms with Gasteiger partial charge in [-0.2, -0.15) is 0 Å². The Balaban J connectivity index is 1.79. The number of nitrogens with zero attached hydrogens (tertiary/aromatic N) is 3. The molecule has 0 atom stereocenters. The molecule has 0 spiro atoms. The first kappa shape index (κ1) is 15.3. The number of phenolic OH excluding ortho intramolecular Hbond substituents is 2. The molecule has 0 radical (unpaired) electrons. The third kappa shape index (κ3) is 3.60. The van der Waals surface area contributed by atoms with Crippen LogP contribution in [0.3, 0.4) is 0 Å². The molecule has 0 aromatic heterocycles. The minimum absolute atomic E-state index is 0.0596. The van der Waals surface area contributed by atoms with Gasteiger partial charge in [0.25, 0.3) is 0 Å². The number of anilines is 1. The Bertz CT molecular complexity index is 725. The van der Waals surface area contributed by atoms with Crippen LogP contribution in [0, 0.1) is 6.92 Å². The highest BCUT2D eigenvalue weighted by molar-refractivity contribution is 5.61. The lowest BCUT2D eigenvalue weighted by atomic mass is 10.2. The molecular weight excluding hydrogens is 294 g/mol. The van der Waals surface area contributed by atoms with Gasteiger partial charge in [0.2, 0.25) is 0 Å². The molecule has 2 N–H and O–H groups in total. The maximum absolute atomic E-state index is 10.1. The van der Waals surface area contributed by atoms with Crippen LogP contribution >= 0.6 is 0 Å². The van der Waals surface area contributed by atoms with Crippen LogP contribution in [0.4, 0.5) is 17.1 Å². The summed E-state index contributed by atoms with van der Waals surface area (Å²) >= 11 is 0. The summed E-state index contributed by atoms with van der Waals surface area (Å²) in [6.45, 7) is 4.87. The van der Waals surface area contributed by atoms with Gasteiger partial charge in [0.1, 0.15) is 22.9 Å². The van der Waals surface area contributed by atoms with E-state index in [-0.39, 0.29) is 11.5 Å². The molecule has 23 heavy (non-hydrogen) atoms. The van der Waals surface area contributed by atoms with Crippen molar-refractivity contribution in [3.05, 3.63) is 42.0 Å². The standard InChI is InChI=1S/C17H19N3O3/c1-12-2-4-14(16(21)10-12)18-19-15-5-3-13(11-17(15)22)20-6-8-23-9-7-20/h2-5,10-11,21-22H,6-9H2,1H3. The number of hydrogen-bond donors (Lipinski definition) is 2. The number of rotatable bonds is 3. The molecule has 6 heteroatoms. The smallest absolute Gasteiger partial charge is 0.145 e. The zero-order chi connectivity index (χ0) is 16.2. The summed E-state index contributed by atoms with van der Waals surface area (Å²) in [6, 6.07) is 10.4. The van der Waals surface area contributed by atoms with Crippen LogP contribution in [-0.2, 0) is 4.74 Å². The van der Waals surface area contributed by atoms with Gasteiger partial charge >= 0.3 is 0 Å². The number of aryl methyl sites for hydroxylation is 1. The summed E-state index contributed by atoms with van der Waals surface area (Å²) in [7, 11) is 0. The van der Waals surface area contributed by atoms with Crippen LogP contribution in [0.2, 0.25) is 0 Å². The van der Waals surface area contributed by atoms with Gasteiger partial charge < -0.3 is 19.8 Å². The van der Waals surface area contributed by atoms with E-state index in [4.69, 9.17) is 4.74 Å². The molecule has 0 aliphatic carbocycles. The minimum atomic E-state index is 0.0596. The SMILES string of the molecule is Cc1ccc(N=Nc2ccc(N3CCOCC3)cc2O)c(O)c1. The molecule has 1 aliphatic rings. The van der Waals surface area contributed by atoms with Gasteiger partial charge in [-0.25, -0.2) is 0 Å². The molecule has 1 saturated heterocycles. The summed E-state index contributed by atoms with van der Waals surface area (Å²) < 4.78 is 5.32. The Hall–Kier alpha value is -2.60. The quantitative estimate of drug-likeness (QED) is 0.848. The second kappa shape index (κ2) is 6.66.